The van der Waals surface area contributed by atoms with Gasteiger partial charge in [-0.25, -0.2) is 14.4 Å². The van der Waals surface area contributed by atoms with Gasteiger partial charge in [0.05, 0.1) is 5.69 Å². The average Bonchev–Trinajstić information content (AvgIpc) is 2.83. The maximum atomic E-state index is 12.9. The predicted molar refractivity (Wildman–Crippen MR) is 67.9 cm³/mol. The zero-order chi connectivity index (χ0) is 12.5. The number of hydrogen-bond acceptors (Lipinski definition) is 3. The summed E-state index contributed by atoms with van der Waals surface area (Å²) in [6, 6.07) is 6.28. The molecule has 0 aliphatic heterocycles. The van der Waals surface area contributed by atoms with Crippen LogP contribution in [0.4, 0.5) is 10.2 Å². The van der Waals surface area contributed by atoms with Crippen LogP contribution in [0.25, 0.3) is 16.9 Å². The average molecular weight is 242 g/mol. The fraction of sp³-hybridized carbons (Fsp3) is 0.0769. The second-order valence-electron chi connectivity index (χ2n) is 3.89. The molecule has 0 bridgehead atoms. The summed E-state index contributed by atoms with van der Waals surface area (Å²) in [4.78, 5) is 8.69. The Morgan fingerprint density at radius 3 is 2.72 bits per heavy atom. The van der Waals surface area contributed by atoms with Crippen LogP contribution in [0.3, 0.4) is 0 Å². The van der Waals surface area contributed by atoms with E-state index < -0.39 is 0 Å². The van der Waals surface area contributed by atoms with Crippen molar-refractivity contribution in [2.45, 2.75) is 0 Å². The summed E-state index contributed by atoms with van der Waals surface area (Å²) in [5, 5.41) is 2.99. The monoisotopic (exact) mass is 242 g/mol. The molecule has 0 saturated heterocycles. The molecule has 2 aromatic heterocycles. The summed E-state index contributed by atoms with van der Waals surface area (Å²) in [5.74, 6) is 0.464. The minimum Gasteiger partial charge on any atom is -0.370 e. The molecule has 0 fully saturated rings. The molecule has 3 aromatic rings. The standard InChI is InChI=1S/C13H11FN4/c1-15-12-13-17-11(8-18(13)7-6-16-12)9-2-4-10(14)5-3-9/h2-8H,1H3,(H,15,16). The highest BCUT2D eigenvalue weighted by Crippen LogP contribution is 2.21. The Balaban J connectivity index is 2.16. The van der Waals surface area contributed by atoms with Crippen LogP contribution in [-0.4, -0.2) is 21.4 Å². The molecule has 0 atom stereocenters. The van der Waals surface area contributed by atoms with E-state index >= 15 is 0 Å². The van der Waals surface area contributed by atoms with Gasteiger partial charge in [0.15, 0.2) is 11.5 Å². The summed E-state index contributed by atoms with van der Waals surface area (Å²) in [6.45, 7) is 0. The van der Waals surface area contributed by atoms with Crippen LogP contribution < -0.4 is 5.32 Å². The van der Waals surface area contributed by atoms with Crippen LogP contribution in [0.1, 0.15) is 0 Å². The van der Waals surface area contributed by atoms with E-state index in [0.29, 0.717) is 5.82 Å². The van der Waals surface area contributed by atoms with Crippen molar-refractivity contribution in [3.63, 3.8) is 0 Å². The minimum absolute atomic E-state index is 0.250. The SMILES string of the molecule is CNc1nccn2cc(-c3ccc(F)cc3)nc12. The lowest BCUT2D eigenvalue weighted by molar-refractivity contribution is 0.628. The Bertz CT molecular complexity index is 688. The fourth-order valence-electron chi connectivity index (χ4n) is 1.86. The first kappa shape index (κ1) is 10.7. The van der Waals surface area contributed by atoms with Gasteiger partial charge in [0.25, 0.3) is 0 Å². The van der Waals surface area contributed by atoms with Gasteiger partial charge in [0.1, 0.15) is 5.82 Å². The number of rotatable bonds is 2. The van der Waals surface area contributed by atoms with Crippen molar-refractivity contribution < 1.29 is 4.39 Å². The number of halogens is 1. The third-order valence-corrected chi connectivity index (χ3v) is 2.75. The molecule has 1 aromatic carbocycles. The van der Waals surface area contributed by atoms with E-state index in [1.54, 1.807) is 25.4 Å². The second kappa shape index (κ2) is 4.10. The normalized spacial score (nSPS) is 10.8. The molecule has 0 aliphatic carbocycles. The molecular formula is C13H11FN4. The van der Waals surface area contributed by atoms with E-state index in [1.807, 2.05) is 16.8 Å². The predicted octanol–water partition coefficient (Wildman–Crippen LogP) is 2.58. The first-order valence-electron chi connectivity index (χ1n) is 5.55. The number of fused-ring (bicyclic) bond motifs is 1. The summed E-state index contributed by atoms with van der Waals surface area (Å²) >= 11 is 0. The number of imidazole rings is 1. The van der Waals surface area contributed by atoms with Crippen molar-refractivity contribution in [2.24, 2.45) is 0 Å². The van der Waals surface area contributed by atoms with Crippen molar-refractivity contribution in [3.05, 3.63) is 48.7 Å². The van der Waals surface area contributed by atoms with Crippen molar-refractivity contribution in [3.8, 4) is 11.3 Å². The van der Waals surface area contributed by atoms with Crippen LogP contribution in [0, 0.1) is 5.82 Å². The van der Waals surface area contributed by atoms with E-state index in [-0.39, 0.29) is 5.82 Å². The highest BCUT2D eigenvalue weighted by atomic mass is 19.1. The summed E-state index contributed by atoms with van der Waals surface area (Å²) in [7, 11) is 1.80. The molecule has 0 radical (unpaired) electrons. The molecule has 0 spiro atoms. The largest absolute Gasteiger partial charge is 0.370 e. The topological polar surface area (TPSA) is 42.2 Å². The highest BCUT2D eigenvalue weighted by Gasteiger charge is 2.07. The number of anilines is 1. The molecule has 1 N–H and O–H groups in total. The molecule has 90 valence electrons. The number of benzene rings is 1. The van der Waals surface area contributed by atoms with Crippen molar-refractivity contribution in [1.29, 1.82) is 0 Å². The van der Waals surface area contributed by atoms with E-state index in [4.69, 9.17) is 0 Å². The Hall–Kier alpha value is -2.43. The third-order valence-electron chi connectivity index (χ3n) is 2.75. The van der Waals surface area contributed by atoms with Crippen LogP contribution in [0.2, 0.25) is 0 Å². The number of nitrogens with one attached hydrogen (secondary N) is 1. The Morgan fingerprint density at radius 1 is 1.22 bits per heavy atom. The van der Waals surface area contributed by atoms with Crippen molar-refractivity contribution >= 4 is 11.5 Å². The van der Waals surface area contributed by atoms with Gasteiger partial charge in [-0.3, -0.25) is 0 Å². The molecule has 18 heavy (non-hydrogen) atoms. The molecule has 0 amide bonds. The minimum atomic E-state index is -0.250. The lowest BCUT2D eigenvalue weighted by atomic mass is 10.2. The first-order chi connectivity index (χ1) is 8.78. The molecule has 5 heteroatoms. The lowest BCUT2D eigenvalue weighted by Crippen LogP contribution is -1.95. The van der Waals surface area contributed by atoms with Gasteiger partial charge >= 0.3 is 0 Å². The van der Waals surface area contributed by atoms with Crippen LogP contribution in [0.5, 0.6) is 0 Å². The highest BCUT2D eigenvalue weighted by molar-refractivity contribution is 5.69. The summed E-state index contributed by atoms with van der Waals surface area (Å²) in [6.07, 6.45) is 5.43. The quantitative estimate of drug-likeness (QED) is 0.751. The zero-order valence-electron chi connectivity index (χ0n) is 9.76. The first-order valence-corrected chi connectivity index (χ1v) is 5.55. The number of aromatic nitrogens is 3. The second-order valence-corrected chi connectivity index (χ2v) is 3.89. The Kier molecular flexibility index (Phi) is 2.44. The van der Waals surface area contributed by atoms with Gasteiger partial charge in [-0.15, -0.1) is 0 Å². The zero-order valence-corrected chi connectivity index (χ0v) is 9.76. The van der Waals surface area contributed by atoms with Crippen LogP contribution in [0.15, 0.2) is 42.9 Å². The third kappa shape index (κ3) is 1.69. The molecule has 0 aliphatic rings. The molecule has 0 unspecified atom stereocenters. The molecular weight excluding hydrogens is 231 g/mol. The smallest absolute Gasteiger partial charge is 0.180 e. The lowest BCUT2D eigenvalue weighted by Gasteiger charge is -1.98. The number of hydrogen-bond donors (Lipinski definition) is 1. The van der Waals surface area contributed by atoms with E-state index in [0.717, 1.165) is 16.9 Å². The molecule has 3 rings (SSSR count). The van der Waals surface area contributed by atoms with Crippen LogP contribution in [-0.2, 0) is 0 Å². The van der Waals surface area contributed by atoms with Crippen LogP contribution >= 0.6 is 0 Å². The Labute approximate surface area is 103 Å². The Morgan fingerprint density at radius 2 is 2.00 bits per heavy atom. The van der Waals surface area contributed by atoms with E-state index in [9.17, 15) is 4.39 Å². The van der Waals surface area contributed by atoms with Gasteiger partial charge in [-0.2, -0.15) is 0 Å². The maximum absolute atomic E-state index is 12.9. The molecule has 2 heterocycles. The van der Waals surface area contributed by atoms with E-state index in [2.05, 4.69) is 15.3 Å². The van der Waals surface area contributed by atoms with Gasteiger partial charge in [0, 0.05) is 31.2 Å². The fourth-order valence-corrected chi connectivity index (χ4v) is 1.86. The van der Waals surface area contributed by atoms with Gasteiger partial charge in [0.2, 0.25) is 0 Å². The maximum Gasteiger partial charge on any atom is 0.180 e. The summed E-state index contributed by atoms with van der Waals surface area (Å²) < 4.78 is 14.8. The van der Waals surface area contributed by atoms with E-state index in [1.165, 1.54) is 12.1 Å². The van der Waals surface area contributed by atoms with Crippen molar-refractivity contribution in [1.82, 2.24) is 14.4 Å². The van der Waals surface area contributed by atoms with Gasteiger partial charge < -0.3 is 9.72 Å². The van der Waals surface area contributed by atoms with Gasteiger partial charge in [-0.1, -0.05) is 0 Å². The molecule has 4 nitrogen and oxygen atoms in total. The number of nitrogens with zero attached hydrogens (tertiary/aromatic N) is 3. The van der Waals surface area contributed by atoms with Gasteiger partial charge in [-0.05, 0) is 24.3 Å². The summed E-state index contributed by atoms with van der Waals surface area (Å²) in [5.41, 5.74) is 2.42. The van der Waals surface area contributed by atoms with Crippen molar-refractivity contribution in [2.75, 3.05) is 12.4 Å². The molecule has 0 saturated carbocycles.